The zero-order valence-electron chi connectivity index (χ0n) is 13.0. The van der Waals surface area contributed by atoms with E-state index in [0.29, 0.717) is 12.3 Å². The molecule has 0 radical (unpaired) electrons. The highest BCUT2D eigenvalue weighted by atomic mass is 16.3. The lowest BCUT2D eigenvalue weighted by Crippen LogP contribution is -2.34. The average Bonchev–Trinajstić information content (AvgIpc) is 2.70. The predicted molar refractivity (Wildman–Crippen MR) is 79.5 cm³/mol. The number of hydrogen-bond acceptors (Lipinski definition) is 4. The fourth-order valence-electron chi connectivity index (χ4n) is 2.95. The van der Waals surface area contributed by atoms with E-state index in [4.69, 9.17) is 0 Å². The van der Waals surface area contributed by atoms with Crippen molar-refractivity contribution in [3.8, 4) is 0 Å². The van der Waals surface area contributed by atoms with Crippen LogP contribution in [0.5, 0.6) is 0 Å². The minimum atomic E-state index is -0.619. The maximum absolute atomic E-state index is 10.9. The van der Waals surface area contributed by atoms with Gasteiger partial charge in [0.2, 0.25) is 0 Å². The molecule has 114 valence electrons. The molecule has 1 aliphatic heterocycles. The summed E-state index contributed by atoms with van der Waals surface area (Å²) >= 11 is 0. The van der Waals surface area contributed by atoms with E-state index in [9.17, 15) is 5.11 Å². The Bertz CT molecular complexity index is 418. The van der Waals surface area contributed by atoms with Crippen LogP contribution in [0.2, 0.25) is 0 Å². The van der Waals surface area contributed by atoms with Gasteiger partial charge in [-0.2, -0.15) is 5.10 Å². The highest BCUT2D eigenvalue weighted by Gasteiger charge is 2.31. The molecule has 2 heterocycles. The number of rotatable bonds is 5. The van der Waals surface area contributed by atoms with Crippen LogP contribution in [0.25, 0.3) is 0 Å². The van der Waals surface area contributed by atoms with Gasteiger partial charge < -0.3 is 10.0 Å². The van der Waals surface area contributed by atoms with Gasteiger partial charge in [-0.25, -0.2) is 9.67 Å². The van der Waals surface area contributed by atoms with E-state index < -0.39 is 5.60 Å². The van der Waals surface area contributed by atoms with Crippen molar-refractivity contribution in [2.45, 2.75) is 58.6 Å². The Hall–Kier alpha value is -0.940. The average molecular weight is 280 g/mol. The highest BCUT2D eigenvalue weighted by molar-refractivity contribution is 4.96. The first kappa shape index (κ1) is 15.4. The molecule has 1 aliphatic rings. The van der Waals surface area contributed by atoms with E-state index >= 15 is 0 Å². The maximum Gasteiger partial charge on any atom is 0.138 e. The molecular formula is C15H28N4O. The summed E-state index contributed by atoms with van der Waals surface area (Å²) in [6.45, 7) is 10.5. The Labute approximate surface area is 122 Å². The minimum absolute atomic E-state index is 0.537. The quantitative estimate of drug-likeness (QED) is 0.892. The Kier molecular flexibility index (Phi) is 5.16. The molecule has 0 saturated carbocycles. The normalized spacial score (nSPS) is 25.1. The van der Waals surface area contributed by atoms with Gasteiger partial charge in [0.15, 0.2) is 0 Å². The largest absolute Gasteiger partial charge is 0.389 e. The zero-order valence-corrected chi connectivity index (χ0v) is 13.0. The molecule has 1 aromatic rings. The molecule has 5 heteroatoms. The Morgan fingerprint density at radius 2 is 2.15 bits per heavy atom. The van der Waals surface area contributed by atoms with Crippen LogP contribution in [0.3, 0.4) is 0 Å². The first-order valence-electron chi connectivity index (χ1n) is 7.84. The maximum atomic E-state index is 10.9. The second kappa shape index (κ2) is 6.68. The first-order chi connectivity index (χ1) is 9.52. The monoisotopic (exact) mass is 280 g/mol. The molecule has 2 rings (SSSR count). The van der Waals surface area contributed by atoms with Crippen molar-refractivity contribution in [3.05, 3.63) is 12.2 Å². The van der Waals surface area contributed by atoms with Crippen molar-refractivity contribution >= 4 is 0 Å². The summed E-state index contributed by atoms with van der Waals surface area (Å²) in [4.78, 5) is 6.77. The van der Waals surface area contributed by atoms with Crippen LogP contribution in [0, 0.1) is 5.92 Å². The molecule has 1 atom stereocenters. The Morgan fingerprint density at radius 1 is 1.35 bits per heavy atom. The molecule has 1 aromatic heterocycles. The van der Waals surface area contributed by atoms with E-state index in [-0.39, 0.29) is 0 Å². The molecule has 1 saturated heterocycles. The van der Waals surface area contributed by atoms with Gasteiger partial charge in [0, 0.05) is 19.5 Å². The topological polar surface area (TPSA) is 54.2 Å². The summed E-state index contributed by atoms with van der Waals surface area (Å²) in [7, 11) is 0. The van der Waals surface area contributed by atoms with Crippen molar-refractivity contribution in [1.29, 1.82) is 0 Å². The Morgan fingerprint density at radius 3 is 2.85 bits per heavy atom. The number of nitrogens with zero attached hydrogens (tertiary/aromatic N) is 4. The molecule has 0 aliphatic carbocycles. The molecule has 5 nitrogen and oxygen atoms in total. The summed E-state index contributed by atoms with van der Waals surface area (Å²) in [5, 5.41) is 15.2. The number of likely N-dealkylation sites (tertiary alicyclic amines) is 1. The Balaban J connectivity index is 2.02. The fourth-order valence-corrected chi connectivity index (χ4v) is 2.95. The molecule has 1 unspecified atom stereocenters. The summed E-state index contributed by atoms with van der Waals surface area (Å²) in [5.74, 6) is 1.46. The van der Waals surface area contributed by atoms with Crippen molar-refractivity contribution in [3.63, 3.8) is 0 Å². The summed E-state index contributed by atoms with van der Waals surface area (Å²) in [6, 6.07) is 0. The molecule has 0 amide bonds. The van der Waals surface area contributed by atoms with Crippen LogP contribution in [-0.4, -0.2) is 50.0 Å². The van der Waals surface area contributed by atoms with Gasteiger partial charge in [-0.05, 0) is 38.3 Å². The lowest BCUT2D eigenvalue weighted by Gasteiger charge is -2.26. The van der Waals surface area contributed by atoms with E-state index in [1.165, 1.54) is 0 Å². The van der Waals surface area contributed by atoms with Gasteiger partial charge >= 0.3 is 0 Å². The zero-order chi connectivity index (χ0) is 14.6. The van der Waals surface area contributed by atoms with Gasteiger partial charge in [0.1, 0.15) is 12.2 Å². The third-order valence-electron chi connectivity index (χ3n) is 4.18. The van der Waals surface area contributed by atoms with E-state index in [0.717, 1.165) is 51.3 Å². The van der Waals surface area contributed by atoms with Gasteiger partial charge in [-0.1, -0.05) is 20.8 Å². The molecule has 0 bridgehead atoms. The van der Waals surface area contributed by atoms with Crippen molar-refractivity contribution in [2.24, 2.45) is 5.92 Å². The second-order valence-electron chi connectivity index (χ2n) is 6.44. The van der Waals surface area contributed by atoms with Gasteiger partial charge in [-0.3, -0.25) is 0 Å². The second-order valence-corrected chi connectivity index (χ2v) is 6.44. The predicted octanol–water partition coefficient (Wildman–Crippen LogP) is 1.71. The molecule has 1 fully saturated rings. The SMILES string of the molecule is CCN1CCCC(O)(Cc2ncnn2CC(C)C)CC1. The minimum Gasteiger partial charge on any atom is -0.389 e. The smallest absolute Gasteiger partial charge is 0.138 e. The summed E-state index contributed by atoms with van der Waals surface area (Å²) < 4.78 is 1.95. The lowest BCUT2D eigenvalue weighted by atomic mass is 9.91. The third kappa shape index (κ3) is 4.03. The van der Waals surface area contributed by atoms with Crippen LogP contribution < -0.4 is 0 Å². The van der Waals surface area contributed by atoms with Crippen LogP contribution in [0.1, 0.15) is 45.9 Å². The first-order valence-corrected chi connectivity index (χ1v) is 7.84. The van der Waals surface area contributed by atoms with Gasteiger partial charge in [0.25, 0.3) is 0 Å². The highest BCUT2D eigenvalue weighted by Crippen LogP contribution is 2.26. The molecule has 1 N–H and O–H groups in total. The number of aromatic nitrogens is 3. The number of hydrogen-bond donors (Lipinski definition) is 1. The van der Waals surface area contributed by atoms with Crippen LogP contribution in [0.15, 0.2) is 6.33 Å². The van der Waals surface area contributed by atoms with E-state index in [1.807, 2.05) is 4.68 Å². The van der Waals surface area contributed by atoms with Gasteiger partial charge in [0.05, 0.1) is 5.60 Å². The van der Waals surface area contributed by atoms with Gasteiger partial charge in [-0.15, -0.1) is 0 Å². The van der Waals surface area contributed by atoms with Crippen molar-refractivity contribution in [1.82, 2.24) is 19.7 Å². The fraction of sp³-hybridized carbons (Fsp3) is 0.867. The van der Waals surface area contributed by atoms with Crippen LogP contribution in [-0.2, 0) is 13.0 Å². The lowest BCUT2D eigenvalue weighted by molar-refractivity contribution is 0.0228. The third-order valence-corrected chi connectivity index (χ3v) is 4.18. The van der Waals surface area contributed by atoms with Crippen molar-refractivity contribution < 1.29 is 5.11 Å². The van der Waals surface area contributed by atoms with Crippen LogP contribution >= 0.6 is 0 Å². The van der Waals surface area contributed by atoms with Crippen LogP contribution in [0.4, 0.5) is 0 Å². The number of aliphatic hydroxyl groups is 1. The van der Waals surface area contributed by atoms with E-state index in [2.05, 4.69) is 35.8 Å². The molecule has 0 spiro atoms. The summed E-state index contributed by atoms with van der Waals surface area (Å²) in [5.41, 5.74) is -0.619. The molecule has 20 heavy (non-hydrogen) atoms. The summed E-state index contributed by atoms with van der Waals surface area (Å²) in [6.07, 6.45) is 4.98. The molecular weight excluding hydrogens is 252 g/mol. The van der Waals surface area contributed by atoms with E-state index in [1.54, 1.807) is 6.33 Å². The molecule has 0 aromatic carbocycles. The standard InChI is InChI=1S/C15H28N4O/c1-4-18-8-5-6-15(20,7-9-18)10-14-16-12-17-19(14)11-13(2)3/h12-13,20H,4-11H2,1-3H3. The van der Waals surface area contributed by atoms with Crippen molar-refractivity contribution in [2.75, 3.05) is 19.6 Å².